The predicted molar refractivity (Wildman–Crippen MR) is 86.0 cm³/mol. The molecule has 0 unspecified atom stereocenters. The highest BCUT2D eigenvalue weighted by molar-refractivity contribution is 9.10. The highest BCUT2D eigenvalue weighted by Gasteiger charge is 2.09. The van der Waals surface area contributed by atoms with Crippen molar-refractivity contribution in [3.05, 3.63) is 45.9 Å². The molecule has 104 valence electrons. The van der Waals surface area contributed by atoms with E-state index in [0.29, 0.717) is 22.9 Å². The molecule has 0 saturated carbocycles. The average molecular weight is 373 g/mol. The molecule has 0 aliphatic rings. The van der Waals surface area contributed by atoms with E-state index < -0.39 is 0 Å². The van der Waals surface area contributed by atoms with Gasteiger partial charge < -0.3 is 10.1 Å². The van der Waals surface area contributed by atoms with Gasteiger partial charge in [0.05, 0.1) is 12.8 Å². The van der Waals surface area contributed by atoms with Crippen molar-refractivity contribution in [3.63, 3.8) is 0 Å². The molecule has 0 aliphatic carbocycles. The molecule has 1 amide bonds. The molecule has 0 atom stereocenters. The van der Waals surface area contributed by atoms with E-state index >= 15 is 0 Å². The van der Waals surface area contributed by atoms with E-state index in [1.54, 1.807) is 13.2 Å². The fourth-order valence-electron chi connectivity index (χ4n) is 1.58. The van der Waals surface area contributed by atoms with E-state index in [4.69, 9.17) is 16.3 Å². The molecule has 0 saturated heterocycles. The molecular formula is C14H11BrClNO2S. The van der Waals surface area contributed by atoms with Gasteiger partial charge in [-0.1, -0.05) is 23.4 Å². The Balaban J connectivity index is 2.34. The van der Waals surface area contributed by atoms with Gasteiger partial charge in [-0.25, -0.2) is 0 Å². The second kappa shape index (κ2) is 7.02. The van der Waals surface area contributed by atoms with E-state index in [0.717, 1.165) is 14.3 Å². The van der Waals surface area contributed by atoms with Crippen LogP contribution in [0.3, 0.4) is 0 Å². The first-order valence-corrected chi connectivity index (χ1v) is 7.64. The monoisotopic (exact) mass is 371 g/mol. The summed E-state index contributed by atoms with van der Waals surface area (Å²) in [7, 11) is 1.59. The summed E-state index contributed by atoms with van der Waals surface area (Å²) in [6.07, 6.45) is 0.649. The normalized spacial score (nSPS) is 10.2. The zero-order chi connectivity index (χ0) is 14.5. The molecular weight excluding hydrogens is 362 g/mol. The predicted octanol–water partition coefficient (Wildman–Crippen LogP) is 4.83. The molecule has 6 heteroatoms. The number of ether oxygens (including phenoxy) is 1. The van der Waals surface area contributed by atoms with Gasteiger partial charge in [-0.3, -0.25) is 4.79 Å². The molecule has 2 aromatic rings. The summed E-state index contributed by atoms with van der Waals surface area (Å²) in [4.78, 5) is 12.6. The van der Waals surface area contributed by atoms with Gasteiger partial charge in [0.1, 0.15) is 5.75 Å². The lowest BCUT2D eigenvalue weighted by Gasteiger charge is -2.11. The Bertz CT molecular complexity index is 637. The van der Waals surface area contributed by atoms with Crippen LogP contribution in [0, 0.1) is 0 Å². The highest BCUT2D eigenvalue weighted by Crippen LogP contribution is 2.39. The first kappa shape index (κ1) is 15.2. The minimum absolute atomic E-state index is 0.649. The van der Waals surface area contributed by atoms with Gasteiger partial charge in [0, 0.05) is 25.4 Å². The average Bonchev–Trinajstić information content (AvgIpc) is 2.43. The Kier molecular flexibility index (Phi) is 5.34. The number of rotatable bonds is 5. The second-order valence-corrected chi connectivity index (χ2v) is 6.18. The molecule has 0 fully saturated rings. The zero-order valence-corrected chi connectivity index (χ0v) is 13.7. The van der Waals surface area contributed by atoms with Gasteiger partial charge in [-0.2, -0.15) is 0 Å². The molecule has 0 radical (unpaired) electrons. The van der Waals surface area contributed by atoms with E-state index in [1.165, 1.54) is 11.8 Å². The van der Waals surface area contributed by atoms with Gasteiger partial charge in [-0.15, -0.1) is 0 Å². The van der Waals surface area contributed by atoms with Crippen molar-refractivity contribution in [2.75, 3.05) is 12.4 Å². The van der Waals surface area contributed by atoms with Crippen molar-refractivity contribution in [2.45, 2.75) is 9.79 Å². The van der Waals surface area contributed by atoms with Crippen LogP contribution in [0.5, 0.6) is 5.75 Å². The Morgan fingerprint density at radius 2 is 2.00 bits per heavy atom. The molecule has 20 heavy (non-hydrogen) atoms. The molecule has 0 bridgehead atoms. The van der Waals surface area contributed by atoms with Crippen molar-refractivity contribution >= 4 is 51.4 Å². The van der Waals surface area contributed by atoms with Crippen LogP contribution in [0.2, 0.25) is 5.02 Å². The summed E-state index contributed by atoms with van der Waals surface area (Å²) >= 11 is 10.9. The summed E-state index contributed by atoms with van der Waals surface area (Å²) in [5, 5.41) is 3.35. The van der Waals surface area contributed by atoms with Crippen molar-refractivity contribution in [2.24, 2.45) is 0 Å². The minimum atomic E-state index is 0.649. The fraction of sp³-hybridized carbons (Fsp3) is 0.0714. The van der Waals surface area contributed by atoms with Gasteiger partial charge in [0.2, 0.25) is 6.41 Å². The minimum Gasteiger partial charge on any atom is -0.497 e. The third-order valence-corrected chi connectivity index (χ3v) is 4.82. The number of carbonyl (C=O) groups is 1. The number of benzene rings is 2. The lowest BCUT2D eigenvalue weighted by molar-refractivity contribution is -0.105. The number of halogens is 2. The SMILES string of the molecule is COc1ccc(Sc2ccc(Cl)cc2Br)c(NC=O)c1. The second-order valence-electron chi connectivity index (χ2n) is 3.80. The quantitative estimate of drug-likeness (QED) is 0.764. The van der Waals surface area contributed by atoms with E-state index in [-0.39, 0.29) is 0 Å². The lowest BCUT2D eigenvalue weighted by atomic mass is 10.3. The molecule has 3 nitrogen and oxygen atoms in total. The fourth-order valence-corrected chi connectivity index (χ4v) is 3.40. The van der Waals surface area contributed by atoms with Crippen LogP contribution in [0.25, 0.3) is 0 Å². The molecule has 1 N–H and O–H groups in total. The van der Waals surface area contributed by atoms with Crippen LogP contribution < -0.4 is 10.1 Å². The number of hydrogen-bond donors (Lipinski definition) is 1. The maximum Gasteiger partial charge on any atom is 0.211 e. The first-order chi connectivity index (χ1) is 9.63. The maximum atomic E-state index is 10.7. The molecule has 0 spiro atoms. The lowest BCUT2D eigenvalue weighted by Crippen LogP contribution is -1.96. The van der Waals surface area contributed by atoms with Crippen molar-refractivity contribution in [1.82, 2.24) is 0 Å². The van der Waals surface area contributed by atoms with Gasteiger partial charge in [0.25, 0.3) is 0 Å². The third-order valence-electron chi connectivity index (χ3n) is 2.52. The van der Waals surface area contributed by atoms with Crippen LogP contribution in [0.1, 0.15) is 0 Å². The van der Waals surface area contributed by atoms with Gasteiger partial charge >= 0.3 is 0 Å². The largest absolute Gasteiger partial charge is 0.497 e. The maximum absolute atomic E-state index is 10.7. The van der Waals surface area contributed by atoms with Gasteiger partial charge in [-0.05, 0) is 46.3 Å². The number of carbonyl (C=O) groups excluding carboxylic acids is 1. The number of anilines is 1. The van der Waals surface area contributed by atoms with Crippen LogP contribution in [0.4, 0.5) is 5.69 Å². The molecule has 0 aromatic heterocycles. The number of amides is 1. The standard InChI is InChI=1S/C14H11BrClNO2S/c1-19-10-3-5-14(12(7-10)17-8-18)20-13-4-2-9(16)6-11(13)15/h2-8H,1H3,(H,17,18). The number of nitrogens with one attached hydrogen (secondary N) is 1. The smallest absolute Gasteiger partial charge is 0.211 e. The van der Waals surface area contributed by atoms with Crippen LogP contribution in [-0.4, -0.2) is 13.5 Å². The summed E-state index contributed by atoms with van der Waals surface area (Å²) in [6.45, 7) is 0. The molecule has 0 heterocycles. The first-order valence-electron chi connectivity index (χ1n) is 5.65. The van der Waals surface area contributed by atoms with E-state index in [2.05, 4.69) is 21.2 Å². The van der Waals surface area contributed by atoms with Crippen molar-refractivity contribution in [1.29, 1.82) is 0 Å². The topological polar surface area (TPSA) is 38.3 Å². The Hall–Kier alpha value is -1.17. The summed E-state index contributed by atoms with van der Waals surface area (Å²) in [5.41, 5.74) is 0.700. The van der Waals surface area contributed by atoms with Crippen LogP contribution in [-0.2, 0) is 4.79 Å². The summed E-state index contributed by atoms with van der Waals surface area (Å²) in [5.74, 6) is 0.689. The molecule has 0 aliphatic heterocycles. The summed E-state index contributed by atoms with van der Waals surface area (Å²) < 4.78 is 6.06. The highest BCUT2D eigenvalue weighted by atomic mass is 79.9. The molecule has 2 aromatic carbocycles. The van der Waals surface area contributed by atoms with Crippen molar-refractivity contribution < 1.29 is 9.53 Å². The number of hydrogen-bond acceptors (Lipinski definition) is 3. The molecule has 2 rings (SSSR count). The van der Waals surface area contributed by atoms with Crippen LogP contribution in [0.15, 0.2) is 50.7 Å². The Morgan fingerprint density at radius 1 is 1.25 bits per heavy atom. The zero-order valence-electron chi connectivity index (χ0n) is 10.5. The third kappa shape index (κ3) is 3.69. The number of methoxy groups -OCH3 is 1. The van der Waals surface area contributed by atoms with E-state index in [1.807, 2.05) is 30.3 Å². The van der Waals surface area contributed by atoms with E-state index in [9.17, 15) is 4.79 Å². The Labute approximate surface area is 134 Å². The van der Waals surface area contributed by atoms with Crippen molar-refractivity contribution in [3.8, 4) is 5.75 Å². The van der Waals surface area contributed by atoms with Crippen LogP contribution >= 0.6 is 39.3 Å². The van der Waals surface area contributed by atoms with Gasteiger partial charge in [0.15, 0.2) is 0 Å². The summed E-state index contributed by atoms with van der Waals surface area (Å²) in [6, 6.07) is 11.1. The Morgan fingerprint density at radius 3 is 2.65 bits per heavy atom.